The molecule has 5 nitrogen and oxygen atoms in total. The van der Waals surface area contributed by atoms with Gasteiger partial charge in [0, 0.05) is 4.88 Å². The second-order valence-electron chi connectivity index (χ2n) is 4.71. The number of carbonyl (C=O) groups is 2. The van der Waals surface area contributed by atoms with Crippen molar-refractivity contribution in [2.45, 2.75) is 26.2 Å². The van der Waals surface area contributed by atoms with E-state index in [2.05, 4.69) is 5.32 Å². The topological polar surface area (TPSA) is 79.5 Å². The van der Waals surface area contributed by atoms with Crippen LogP contribution in [0.25, 0.3) is 0 Å². The summed E-state index contributed by atoms with van der Waals surface area (Å²) in [6.07, 6.45) is 4.09. The quantitative estimate of drug-likeness (QED) is 0.910. The summed E-state index contributed by atoms with van der Waals surface area (Å²) in [6, 6.07) is 1.58. The molecule has 0 saturated carbocycles. The molecular weight excluding hydrogens is 278 g/mol. The third-order valence-corrected chi connectivity index (χ3v) is 4.67. The van der Waals surface area contributed by atoms with Crippen LogP contribution < -0.4 is 5.32 Å². The van der Waals surface area contributed by atoms with Gasteiger partial charge >= 0.3 is 5.97 Å². The minimum absolute atomic E-state index is 0.247. The predicted octanol–water partition coefficient (Wildman–Crippen LogP) is 3.09. The molecule has 0 unspecified atom stereocenters. The number of rotatable bonds is 3. The van der Waals surface area contributed by atoms with Crippen LogP contribution in [-0.2, 0) is 12.8 Å². The SMILES string of the molecule is Cc1occc1C(=O)Nc1sc2c(c1C(=O)O)CCC2. The summed E-state index contributed by atoms with van der Waals surface area (Å²) >= 11 is 1.37. The standard InChI is InChI=1S/C14H13NO4S/c1-7-8(5-6-19-7)12(16)15-13-11(14(17)18)9-3-2-4-10(9)20-13/h5-6H,2-4H2,1H3,(H,15,16)(H,17,18). The Morgan fingerprint density at radius 1 is 1.40 bits per heavy atom. The number of aryl methyl sites for hydroxylation is 2. The number of carbonyl (C=O) groups excluding carboxylic acids is 1. The van der Waals surface area contributed by atoms with Gasteiger partial charge in [-0.15, -0.1) is 11.3 Å². The van der Waals surface area contributed by atoms with Crippen LogP contribution in [0, 0.1) is 6.92 Å². The van der Waals surface area contributed by atoms with Crippen LogP contribution in [0.4, 0.5) is 5.00 Å². The first kappa shape index (κ1) is 12.9. The van der Waals surface area contributed by atoms with Crippen molar-refractivity contribution >= 4 is 28.2 Å². The molecular formula is C14H13NO4S. The highest BCUT2D eigenvalue weighted by Gasteiger charge is 2.27. The summed E-state index contributed by atoms with van der Waals surface area (Å²) in [5.41, 5.74) is 1.55. The number of carboxylic acid groups (broad SMARTS) is 1. The van der Waals surface area contributed by atoms with E-state index in [9.17, 15) is 14.7 Å². The van der Waals surface area contributed by atoms with E-state index < -0.39 is 5.97 Å². The van der Waals surface area contributed by atoms with Gasteiger partial charge in [-0.1, -0.05) is 0 Å². The van der Waals surface area contributed by atoms with Crippen LogP contribution in [0.5, 0.6) is 0 Å². The Labute approximate surface area is 119 Å². The van der Waals surface area contributed by atoms with Crippen molar-refractivity contribution in [3.8, 4) is 0 Å². The predicted molar refractivity (Wildman–Crippen MR) is 74.7 cm³/mol. The highest BCUT2D eigenvalue weighted by molar-refractivity contribution is 7.17. The number of furan rings is 1. The number of carboxylic acids is 1. The summed E-state index contributed by atoms with van der Waals surface area (Å²) in [6.45, 7) is 1.70. The number of aromatic carboxylic acids is 1. The smallest absolute Gasteiger partial charge is 0.339 e. The molecule has 0 aliphatic heterocycles. The number of nitrogens with one attached hydrogen (secondary N) is 1. The van der Waals surface area contributed by atoms with E-state index in [1.807, 2.05) is 0 Å². The molecule has 0 bridgehead atoms. The third-order valence-electron chi connectivity index (χ3n) is 3.47. The second-order valence-corrected chi connectivity index (χ2v) is 5.82. The average Bonchev–Trinajstić information content (AvgIpc) is 3.03. The van der Waals surface area contributed by atoms with E-state index in [0.717, 1.165) is 29.7 Å². The maximum Gasteiger partial charge on any atom is 0.339 e. The number of anilines is 1. The number of fused-ring (bicyclic) bond motifs is 1. The Balaban J connectivity index is 1.94. The van der Waals surface area contributed by atoms with Crippen LogP contribution in [0.3, 0.4) is 0 Å². The summed E-state index contributed by atoms with van der Waals surface area (Å²) in [4.78, 5) is 24.6. The first-order chi connectivity index (χ1) is 9.58. The summed E-state index contributed by atoms with van der Waals surface area (Å²) in [5, 5.41) is 12.5. The molecule has 1 amide bonds. The fourth-order valence-corrected chi connectivity index (χ4v) is 3.79. The molecule has 0 spiro atoms. The Morgan fingerprint density at radius 2 is 2.20 bits per heavy atom. The lowest BCUT2D eigenvalue weighted by molar-refractivity contribution is 0.0697. The zero-order chi connectivity index (χ0) is 14.3. The molecule has 2 aromatic rings. The highest BCUT2D eigenvalue weighted by atomic mass is 32.1. The van der Waals surface area contributed by atoms with Gasteiger partial charge in [0.1, 0.15) is 10.8 Å². The monoisotopic (exact) mass is 291 g/mol. The summed E-state index contributed by atoms with van der Waals surface area (Å²) < 4.78 is 5.09. The van der Waals surface area contributed by atoms with Crippen molar-refractivity contribution in [1.29, 1.82) is 0 Å². The Kier molecular flexibility index (Phi) is 3.10. The van der Waals surface area contributed by atoms with Crippen molar-refractivity contribution < 1.29 is 19.1 Å². The lowest BCUT2D eigenvalue weighted by atomic mass is 10.1. The molecule has 2 heterocycles. The molecule has 3 rings (SSSR count). The molecule has 0 atom stereocenters. The molecule has 0 radical (unpaired) electrons. The van der Waals surface area contributed by atoms with Crippen LogP contribution in [-0.4, -0.2) is 17.0 Å². The van der Waals surface area contributed by atoms with Crippen molar-refractivity contribution in [3.63, 3.8) is 0 Å². The van der Waals surface area contributed by atoms with E-state index in [0.29, 0.717) is 16.3 Å². The zero-order valence-electron chi connectivity index (χ0n) is 10.9. The van der Waals surface area contributed by atoms with Crippen LogP contribution in [0.15, 0.2) is 16.7 Å². The van der Waals surface area contributed by atoms with Gasteiger partial charge in [-0.05, 0) is 37.8 Å². The number of amides is 1. The fraction of sp³-hybridized carbons (Fsp3) is 0.286. The van der Waals surface area contributed by atoms with Crippen LogP contribution in [0.1, 0.15) is 43.3 Å². The lowest BCUT2D eigenvalue weighted by Crippen LogP contribution is -2.14. The molecule has 6 heteroatoms. The molecule has 2 aromatic heterocycles. The Hall–Kier alpha value is -2.08. The van der Waals surface area contributed by atoms with Crippen LogP contribution >= 0.6 is 11.3 Å². The van der Waals surface area contributed by atoms with Crippen molar-refractivity contribution in [1.82, 2.24) is 0 Å². The van der Waals surface area contributed by atoms with Gasteiger partial charge in [0.15, 0.2) is 0 Å². The minimum Gasteiger partial charge on any atom is -0.478 e. The van der Waals surface area contributed by atoms with E-state index in [-0.39, 0.29) is 11.5 Å². The first-order valence-electron chi connectivity index (χ1n) is 6.31. The Morgan fingerprint density at radius 3 is 2.85 bits per heavy atom. The van der Waals surface area contributed by atoms with Gasteiger partial charge < -0.3 is 14.8 Å². The van der Waals surface area contributed by atoms with Crippen molar-refractivity contribution in [3.05, 3.63) is 39.7 Å². The van der Waals surface area contributed by atoms with Gasteiger partial charge in [-0.3, -0.25) is 4.79 Å². The van der Waals surface area contributed by atoms with Gasteiger partial charge in [-0.2, -0.15) is 0 Å². The molecule has 104 valence electrons. The number of thiophene rings is 1. The highest BCUT2D eigenvalue weighted by Crippen LogP contribution is 2.39. The maximum atomic E-state index is 12.1. The van der Waals surface area contributed by atoms with Gasteiger partial charge in [-0.25, -0.2) is 4.79 Å². The molecule has 2 N–H and O–H groups in total. The molecule has 1 aliphatic carbocycles. The first-order valence-corrected chi connectivity index (χ1v) is 7.13. The van der Waals surface area contributed by atoms with Crippen LogP contribution in [0.2, 0.25) is 0 Å². The van der Waals surface area contributed by atoms with E-state index in [4.69, 9.17) is 4.42 Å². The van der Waals surface area contributed by atoms with E-state index >= 15 is 0 Å². The fourth-order valence-electron chi connectivity index (χ4n) is 2.51. The normalized spacial score (nSPS) is 13.2. The minimum atomic E-state index is -0.983. The molecule has 0 fully saturated rings. The second kappa shape index (κ2) is 4.79. The van der Waals surface area contributed by atoms with Crippen molar-refractivity contribution in [2.75, 3.05) is 5.32 Å². The molecule has 0 saturated heterocycles. The van der Waals surface area contributed by atoms with Crippen molar-refractivity contribution in [2.24, 2.45) is 0 Å². The lowest BCUT2D eigenvalue weighted by Gasteiger charge is -2.04. The summed E-state index contributed by atoms with van der Waals surface area (Å²) in [7, 11) is 0. The average molecular weight is 291 g/mol. The van der Waals surface area contributed by atoms with E-state index in [1.54, 1.807) is 13.0 Å². The van der Waals surface area contributed by atoms with Gasteiger partial charge in [0.2, 0.25) is 0 Å². The molecule has 0 aromatic carbocycles. The van der Waals surface area contributed by atoms with Gasteiger partial charge in [0.05, 0.1) is 17.4 Å². The molecule has 20 heavy (non-hydrogen) atoms. The van der Waals surface area contributed by atoms with E-state index in [1.165, 1.54) is 17.6 Å². The number of hydrogen-bond acceptors (Lipinski definition) is 4. The third kappa shape index (κ3) is 2.02. The zero-order valence-corrected chi connectivity index (χ0v) is 11.7. The summed E-state index contributed by atoms with van der Waals surface area (Å²) in [5.74, 6) is -0.800. The Bertz CT molecular complexity index is 698. The maximum absolute atomic E-state index is 12.1. The largest absolute Gasteiger partial charge is 0.478 e. The van der Waals surface area contributed by atoms with Gasteiger partial charge in [0.25, 0.3) is 5.91 Å². The molecule has 1 aliphatic rings. The number of hydrogen-bond donors (Lipinski definition) is 2.